The average Bonchev–Trinajstić information content (AvgIpc) is 2.38. The molecule has 2 rings (SSSR count). The Hall–Kier alpha value is -1.63. The number of benzene rings is 1. The Morgan fingerprint density at radius 1 is 1.40 bits per heavy atom. The second-order valence-electron chi connectivity index (χ2n) is 4.45. The Morgan fingerprint density at radius 2 is 2.15 bits per heavy atom. The first-order valence-corrected chi connectivity index (χ1v) is 7.20. The van der Waals surface area contributed by atoms with E-state index in [9.17, 15) is 18.4 Å². The van der Waals surface area contributed by atoms with Crippen molar-refractivity contribution in [2.24, 2.45) is 0 Å². The van der Waals surface area contributed by atoms with Gasteiger partial charge in [0.25, 0.3) is 5.91 Å². The summed E-state index contributed by atoms with van der Waals surface area (Å²) in [6, 6.07) is 2.29. The van der Waals surface area contributed by atoms with Gasteiger partial charge in [0.1, 0.15) is 11.6 Å². The second-order valence-corrected chi connectivity index (χ2v) is 5.60. The molecule has 1 saturated heterocycles. The lowest BCUT2D eigenvalue weighted by Crippen LogP contribution is -2.47. The number of thioether (sulfide) groups is 1. The van der Waals surface area contributed by atoms with Gasteiger partial charge in [-0.15, -0.1) is 0 Å². The van der Waals surface area contributed by atoms with Gasteiger partial charge in [0.15, 0.2) is 0 Å². The normalized spacial score (nSPS) is 18.9. The quantitative estimate of drug-likeness (QED) is 0.927. The van der Waals surface area contributed by atoms with Crippen LogP contribution in [0.2, 0.25) is 0 Å². The largest absolute Gasteiger partial charge is 0.481 e. The molecule has 0 saturated carbocycles. The Morgan fingerprint density at radius 3 is 2.80 bits per heavy atom. The Kier molecular flexibility index (Phi) is 4.59. The Bertz CT molecular complexity index is 538. The number of hydrogen-bond donors (Lipinski definition) is 1. The summed E-state index contributed by atoms with van der Waals surface area (Å²) in [4.78, 5) is 24.5. The van der Waals surface area contributed by atoms with Gasteiger partial charge in [-0.3, -0.25) is 9.59 Å². The van der Waals surface area contributed by atoms with Crippen molar-refractivity contribution >= 4 is 23.6 Å². The monoisotopic (exact) mass is 301 g/mol. The lowest BCUT2D eigenvalue weighted by atomic mass is 10.1. The Balaban J connectivity index is 2.22. The summed E-state index contributed by atoms with van der Waals surface area (Å²) in [5.41, 5.74) is -0.228. The van der Waals surface area contributed by atoms with Crippen molar-refractivity contribution in [3.63, 3.8) is 0 Å². The molecule has 0 spiro atoms. The fourth-order valence-electron chi connectivity index (χ4n) is 2.11. The van der Waals surface area contributed by atoms with Crippen molar-refractivity contribution in [1.29, 1.82) is 0 Å². The van der Waals surface area contributed by atoms with Gasteiger partial charge >= 0.3 is 5.97 Å². The predicted molar refractivity (Wildman–Crippen MR) is 70.8 cm³/mol. The van der Waals surface area contributed by atoms with Crippen LogP contribution < -0.4 is 0 Å². The molecule has 1 aromatic rings. The molecule has 1 amide bonds. The van der Waals surface area contributed by atoms with Crippen LogP contribution in [0.5, 0.6) is 0 Å². The maximum atomic E-state index is 13.6. The molecule has 108 valence electrons. The van der Waals surface area contributed by atoms with E-state index in [-0.39, 0.29) is 12.0 Å². The smallest absolute Gasteiger partial charge is 0.305 e. The molecule has 0 radical (unpaired) electrons. The van der Waals surface area contributed by atoms with Gasteiger partial charge in [-0.25, -0.2) is 8.78 Å². The number of aliphatic carboxylic acids is 1. The molecule has 0 aromatic heterocycles. The number of carboxylic acid groups (broad SMARTS) is 1. The second kappa shape index (κ2) is 6.21. The van der Waals surface area contributed by atoms with Crippen molar-refractivity contribution in [1.82, 2.24) is 4.90 Å². The lowest BCUT2D eigenvalue weighted by molar-refractivity contribution is -0.138. The maximum Gasteiger partial charge on any atom is 0.305 e. The summed E-state index contributed by atoms with van der Waals surface area (Å²) in [6.45, 7) is 0.359. The van der Waals surface area contributed by atoms with E-state index in [1.807, 2.05) is 0 Å². The third-order valence-electron chi connectivity index (χ3n) is 3.06. The van der Waals surface area contributed by atoms with Crippen LogP contribution >= 0.6 is 11.8 Å². The van der Waals surface area contributed by atoms with E-state index < -0.39 is 29.6 Å². The van der Waals surface area contributed by atoms with Gasteiger partial charge in [0.05, 0.1) is 18.0 Å². The summed E-state index contributed by atoms with van der Waals surface area (Å²) in [5.74, 6) is -2.10. The number of carboxylic acids is 1. The maximum absolute atomic E-state index is 13.6. The molecular weight excluding hydrogens is 288 g/mol. The van der Waals surface area contributed by atoms with Crippen LogP contribution in [-0.4, -0.2) is 46.0 Å². The van der Waals surface area contributed by atoms with Crippen molar-refractivity contribution < 1.29 is 23.5 Å². The SMILES string of the molecule is O=C(O)CC1CSCCN1C(=O)c1ccc(F)cc1F. The molecule has 1 N–H and O–H groups in total. The van der Waals surface area contributed by atoms with E-state index in [0.717, 1.165) is 12.1 Å². The molecular formula is C13H13F2NO3S. The van der Waals surface area contributed by atoms with Gasteiger partial charge in [-0.1, -0.05) is 0 Å². The highest BCUT2D eigenvalue weighted by molar-refractivity contribution is 7.99. The Labute approximate surface area is 118 Å². The summed E-state index contributed by atoms with van der Waals surface area (Å²) in [6.07, 6.45) is -0.179. The van der Waals surface area contributed by atoms with Crippen LogP contribution in [-0.2, 0) is 4.79 Å². The van der Waals surface area contributed by atoms with Gasteiger partial charge in [-0.05, 0) is 12.1 Å². The molecule has 1 heterocycles. The number of halogens is 2. The van der Waals surface area contributed by atoms with Gasteiger partial charge in [0, 0.05) is 24.1 Å². The van der Waals surface area contributed by atoms with E-state index >= 15 is 0 Å². The molecule has 1 aromatic carbocycles. The number of nitrogens with zero attached hydrogens (tertiary/aromatic N) is 1. The fourth-order valence-corrected chi connectivity index (χ4v) is 3.17. The highest BCUT2D eigenvalue weighted by atomic mass is 32.2. The van der Waals surface area contributed by atoms with Gasteiger partial charge < -0.3 is 10.0 Å². The summed E-state index contributed by atoms with van der Waals surface area (Å²) >= 11 is 1.56. The molecule has 1 atom stereocenters. The minimum atomic E-state index is -1.00. The van der Waals surface area contributed by atoms with Crippen molar-refractivity contribution in [3.05, 3.63) is 35.4 Å². The van der Waals surface area contributed by atoms with Crippen LogP contribution in [0.1, 0.15) is 16.8 Å². The highest BCUT2D eigenvalue weighted by Crippen LogP contribution is 2.22. The average molecular weight is 301 g/mol. The molecule has 1 fully saturated rings. The fraction of sp³-hybridized carbons (Fsp3) is 0.385. The van der Waals surface area contributed by atoms with E-state index in [0.29, 0.717) is 24.1 Å². The van der Waals surface area contributed by atoms with Crippen LogP contribution in [0.4, 0.5) is 8.78 Å². The molecule has 0 aliphatic carbocycles. The summed E-state index contributed by atoms with van der Waals surface area (Å²) in [7, 11) is 0. The topological polar surface area (TPSA) is 57.6 Å². The van der Waals surface area contributed by atoms with Crippen molar-refractivity contribution in [3.8, 4) is 0 Å². The molecule has 1 aliphatic heterocycles. The molecule has 7 heteroatoms. The zero-order valence-corrected chi connectivity index (χ0v) is 11.3. The summed E-state index contributed by atoms with van der Waals surface area (Å²) in [5, 5.41) is 8.86. The van der Waals surface area contributed by atoms with E-state index in [2.05, 4.69) is 0 Å². The van der Waals surface area contributed by atoms with E-state index in [1.54, 1.807) is 11.8 Å². The summed E-state index contributed by atoms with van der Waals surface area (Å²) < 4.78 is 26.5. The van der Waals surface area contributed by atoms with Crippen LogP contribution in [0.25, 0.3) is 0 Å². The number of hydrogen-bond acceptors (Lipinski definition) is 3. The first-order valence-electron chi connectivity index (χ1n) is 6.04. The van der Waals surface area contributed by atoms with E-state index in [1.165, 1.54) is 4.90 Å². The molecule has 1 unspecified atom stereocenters. The third-order valence-corrected chi connectivity index (χ3v) is 4.15. The predicted octanol–water partition coefficient (Wildman–Crippen LogP) is 2.00. The molecule has 1 aliphatic rings. The minimum Gasteiger partial charge on any atom is -0.481 e. The minimum absolute atomic E-state index is 0.179. The van der Waals surface area contributed by atoms with Crippen LogP contribution in [0.3, 0.4) is 0 Å². The molecule has 4 nitrogen and oxygen atoms in total. The third kappa shape index (κ3) is 3.27. The highest BCUT2D eigenvalue weighted by Gasteiger charge is 2.30. The zero-order valence-electron chi connectivity index (χ0n) is 10.5. The standard InChI is InChI=1S/C13H13F2NO3S/c14-8-1-2-10(11(15)5-8)13(19)16-3-4-20-7-9(16)6-12(17)18/h1-2,5,9H,3-4,6-7H2,(H,17,18). The van der Waals surface area contributed by atoms with Crippen molar-refractivity contribution in [2.45, 2.75) is 12.5 Å². The van der Waals surface area contributed by atoms with E-state index in [4.69, 9.17) is 5.11 Å². The van der Waals surface area contributed by atoms with Gasteiger partial charge in [0.2, 0.25) is 0 Å². The number of amides is 1. The number of carbonyl (C=O) groups excluding carboxylic acids is 1. The lowest BCUT2D eigenvalue weighted by Gasteiger charge is -2.34. The van der Waals surface area contributed by atoms with Crippen LogP contribution in [0, 0.1) is 11.6 Å². The van der Waals surface area contributed by atoms with Crippen molar-refractivity contribution in [2.75, 3.05) is 18.1 Å². The van der Waals surface area contributed by atoms with Gasteiger partial charge in [-0.2, -0.15) is 11.8 Å². The molecule has 0 bridgehead atoms. The number of carbonyl (C=O) groups is 2. The zero-order chi connectivity index (χ0) is 14.7. The molecule has 20 heavy (non-hydrogen) atoms. The first kappa shape index (κ1) is 14.8. The number of rotatable bonds is 3. The van der Waals surface area contributed by atoms with Crippen LogP contribution in [0.15, 0.2) is 18.2 Å². The first-order chi connectivity index (χ1) is 9.49.